The highest BCUT2D eigenvalue weighted by Crippen LogP contribution is 2.47. The van der Waals surface area contributed by atoms with Crippen molar-refractivity contribution >= 4 is 32.9 Å². The third kappa shape index (κ3) is 4.10. The molecule has 0 amide bonds. The van der Waals surface area contributed by atoms with Crippen molar-refractivity contribution < 1.29 is 0 Å². The number of fused-ring (bicyclic) bond motifs is 6. The summed E-state index contributed by atoms with van der Waals surface area (Å²) in [5.41, 5.74) is 10.4. The monoisotopic (exact) mass is 523 g/mol. The highest BCUT2D eigenvalue weighted by Gasteiger charge is 2.31. The molecule has 8 rings (SSSR count). The van der Waals surface area contributed by atoms with E-state index in [1.54, 1.807) is 0 Å². The smallest absolute Gasteiger partial charge is 0.0638 e. The average molecular weight is 524 g/mol. The van der Waals surface area contributed by atoms with Gasteiger partial charge in [-0.05, 0) is 91.7 Å². The molecule has 0 aromatic heterocycles. The van der Waals surface area contributed by atoms with E-state index in [1.807, 2.05) is 0 Å². The maximum absolute atomic E-state index is 2.54. The van der Waals surface area contributed by atoms with Crippen LogP contribution >= 0.6 is 0 Å². The molecule has 0 aliphatic heterocycles. The van der Waals surface area contributed by atoms with E-state index in [1.165, 1.54) is 66.3 Å². The van der Waals surface area contributed by atoms with Crippen LogP contribution in [-0.4, -0.2) is 0 Å². The van der Waals surface area contributed by atoms with Gasteiger partial charge in [-0.2, -0.15) is 0 Å². The second-order valence-corrected chi connectivity index (χ2v) is 10.9. The maximum Gasteiger partial charge on any atom is 0.0638 e. The molecule has 7 aromatic rings. The first-order valence-electron chi connectivity index (χ1n) is 14.4. The SMILES string of the molecule is c1ccc(N(c2ccc(-c3ccc4ccccc4c3)cc2)C2Cc3c(ccc4ccccc34)-c3ccccc32)cc1. The van der Waals surface area contributed by atoms with Crippen LogP contribution in [-0.2, 0) is 6.42 Å². The molecule has 1 nitrogen and oxygen atoms in total. The first-order valence-corrected chi connectivity index (χ1v) is 14.4. The molecule has 1 aliphatic carbocycles. The molecule has 41 heavy (non-hydrogen) atoms. The summed E-state index contributed by atoms with van der Waals surface area (Å²) < 4.78 is 0. The van der Waals surface area contributed by atoms with Gasteiger partial charge in [0.15, 0.2) is 0 Å². The van der Waals surface area contributed by atoms with Crippen LogP contribution in [0.1, 0.15) is 17.2 Å². The lowest BCUT2D eigenvalue weighted by Gasteiger charge is -2.39. The summed E-state index contributed by atoms with van der Waals surface area (Å²) in [5, 5.41) is 5.19. The van der Waals surface area contributed by atoms with Crippen LogP contribution < -0.4 is 4.90 Å². The molecule has 0 spiro atoms. The Kier molecular flexibility index (Phi) is 5.67. The predicted octanol–water partition coefficient (Wildman–Crippen LogP) is 10.8. The number of hydrogen-bond acceptors (Lipinski definition) is 1. The van der Waals surface area contributed by atoms with E-state index in [2.05, 4.69) is 163 Å². The summed E-state index contributed by atoms with van der Waals surface area (Å²) in [7, 11) is 0. The van der Waals surface area contributed by atoms with E-state index in [9.17, 15) is 0 Å². The normalized spacial score (nSPS) is 14.0. The van der Waals surface area contributed by atoms with Gasteiger partial charge in [0.05, 0.1) is 6.04 Å². The van der Waals surface area contributed by atoms with Crippen molar-refractivity contribution in [3.8, 4) is 22.3 Å². The van der Waals surface area contributed by atoms with Gasteiger partial charge in [-0.3, -0.25) is 0 Å². The molecule has 0 bridgehead atoms. The van der Waals surface area contributed by atoms with E-state index < -0.39 is 0 Å². The Morgan fingerprint density at radius 1 is 0.439 bits per heavy atom. The molecule has 0 fully saturated rings. The lowest BCUT2D eigenvalue weighted by atomic mass is 9.79. The minimum Gasteiger partial charge on any atom is -0.334 e. The van der Waals surface area contributed by atoms with Crippen molar-refractivity contribution in [2.24, 2.45) is 0 Å². The maximum atomic E-state index is 2.54. The lowest BCUT2D eigenvalue weighted by molar-refractivity contribution is 0.688. The number of rotatable bonds is 4. The van der Waals surface area contributed by atoms with Crippen LogP contribution in [0.2, 0.25) is 0 Å². The van der Waals surface area contributed by atoms with Crippen LogP contribution in [0.3, 0.4) is 0 Å². The molecule has 1 aliphatic rings. The van der Waals surface area contributed by atoms with Crippen LogP contribution in [0.15, 0.2) is 158 Å². The Hall–Kier alpha value is -5.14. The van der Waals surface area contributed by atoms with E-state index in [0.29, 0.717) is 0 Å². The quantitative estimate of drug-likeness (QED) is 0.222. The van der Waals surface area contributed by atoms with E-state index in [4.69, 9.17) is 0 Å². The van der Waals surface area contributed by atoms with Gasteiger partial charge in [0.1, 0.15) is 0 Å². The Labute approximate surface area is 241 Å². The molecule has 0 saturated carbocycles. The second-order valence-electron chi connectivity index (χ2n) is 10.9. The predicted molar refractivity (Wildman–Crippen MR) is 174 cm³/mol. The minimum absolute atomic E-state index is 0.165. The van der Waals surface area contributed by atoms with Crippen molar-refractivity contribution in [2.75, 3.05) is 4.90 Å². The van der Waals surface area contributed by atoms with Crippen LogP contribution in [0.25, 0.3) is 43.8 Å². The number of benzene rings is 7. The zero-order valence-corrected chi connectivity index (χ0v) is 22.7. The molecule has 1 heteroatoms. The Bertz CT molecular complexity index is 2020. The van der Waals surface area contributed by atoms with Gasteiger partial charge in [-0.1, -0.05) is 127 Å². The average Bonchev–Trinajstić information content (AvgIpc) is 3.05. The number of anilines is 2. The molecule has 1 unspecified atom stereocenters. The van der Waals surface area contributed by atoms with Gasteiger partial charge in [-0.25, -0.2) is 0 Å². The summed E-state index contributed by atoms with van der Waals surface area (Å²) in [6.45, 7) is 0. The lowest BCUT2D eigenvalue weighted by Crippen LogP contribution is -2.28. The van der Waals surface area contributed by atoms with Crippen molar-refractivity contribution in [2.45, 2.75) is 12.5 Å². The van der Waals surface area contributed by atoms with Crippen LogP contribution in [0.4, 0.5) is 11.4 Å². The van der Waals surface area contributed by atoms with Gasteiger partial charge in [0, 0.05) is 11.4 Å². The molecule has 0 saturated heterocycles. The third-order valence-corrected chi connectivity index (χ3v) is 8.62. The Balaban J connectivity index is 1.26. The zero-order valence-electron chi connectivity index (χ0n) is 22.7. The fourth-order valence-corrected chi connectivity index (χ4v) is 6.66. The van der Waals surface area contributed by atoms with Crippen LogP contribution in [0, 0.1) is 0 Å². The molecule has 1 atom stereocenters. The number of nitrogens with zero attached hydrogens (tertiary/aromatic N) is 1. The zero-order chi connectivity index (χ0) is 27.2. The highest BCUT2D eigenvalue weighted by atomic mass is 15.2. The van der Waals surface area contributed by atoms with Gasteiger partial charge < -0.3 is 4.90 Å². The standard InChI is InChI=1S/C40H29N/c1-2-13-33(14-3-1)41(34-23-20-29(21-24-34)32-19-18-28-10-4-5-12-31(28)26-32)40-27-39-35-15-7-6-11-30(35)22-25-37(39)36-16-8-9-17-38(36)40/h1-26,40H,27H2. The summed E-state index contributed by atoms with van der Waals surface area (Å²) in [6.07, 6.45) is 0.940. The summed E-state index contributed by atoms with van der Waals surface area (Å²) in [5.74, 6) is 0. The first kappa shape index (κ1) is 23.7. The first-order chi connectivity index (χ1) is 20.3. The molecule has 7 aromatic carbocycles. The number of para-hydroxylation sites is 1. The molecule has 0 heterocycles. The fraction of sp³-hybridized carbons (Fsp3) is 0.0500. The third-order valence-electron chi connectivity index (χ3n) is 8.62. The fourth-order valence-electron chi connectivity index (χ4n) is 6.66. The van der Waals surface area contributed by atoms with Gasteiger partial charge in [-0.15, -0.1) is 0 Å². The Morgan fingerprint density at radius 2 is 1.07 bits per heavy atom. The van der Waals surface area contributed by atoms with Crippen molar-refractivity contribution in [1.29, 1.82) is 0 Å². The van der Waals surface area contributed by atoms with E-state index in [0.717, 1.165) is 6.42 Å². The van der Waals surface area contributed by atoms with Crippen LogP contribution in [0.5, 0.6) is 0 Å². The summed E-state index contributed by atoms with van der Waals surface area (Å²) in [4.78, 5) is 2.54. The van der Waals surface area contributed by atoms with Crippen molar-refractivity contribution in [3.05, 3.63) is 169 Å². The molecule has 0 N–H and O–H groups in total. The minimum atomic E-state index is 0.165. The van der Waals surface area contributed by atoms with Gasteiger partial charge >= 0.3 is 0 Å². The Morgan fingerprint density at radius 3 is 1.93 bits per heavy atom. The van der Waals surface area contributed by atoms with E-state index in [-0.39, 0.29) is 6.04 Å². The molecular weight excluding hydrogens is 494 g/mol. The number of hydrogen-bond donors (Lipinski definition) is 0. The van der Waals surface area contributed by atoms with E-state index >= 15 is 0 Å². The molecule has 0 radical (unpaired) electrons. The second kappa shape index (κ2) is 9.80. The van der Waals surface area contributed by atoms with Gasteiger partial charge in [0.25, 0.3) is 0 Å². The molecular formula is C40H29N. The van der Waals surface area contributed by atoms with Gasteiger partial charge in [0.2, 0.25) is 0 Å². The summed E-state index contributed by atoms with van der Waals surface area (Å²) in [6, 6.07) is 57.8. The summed E-state index contributed by atoms with van der Waals surface area (Å²) >= 11 is 0. The van der Waals surface area contributed by atoms with Crippen molar-refractivity contribution in [3.63, 3.8) is 0 Å². The highest BCUT2D eigenvalue weighted by molar-refractivity contribution is 5.94. The largest absolute Gasteiger partial charge is 0.334 e. The topological polar surface area (TPSA) is 3.24 Å². The van der Waals surface area contributed by atoms with Crippen molar-refractivity contribution in [1.82, 2.24) is 0 Å². The molecule has 194 valence electrons.